The first kappa shape index (κ1) is 15.3. The molecule has 21 heavy (non-hydrogen) atoms. The Morgan fingerprint density at radius 2 is 1.95 bits per heavy atom. The number of amides is 1. The molecule has 110 valence electrons. The van der Waals surface area contributed by atoms with E-state index in [9.17, 15) is 4.79 Å². The molecule has 0 atom stereocenters. The number of carbonyl (C=O) groups is 1. The zero-order valence-corrected chi connectivity index (χ0v) is 12.7. The Morgan fingerprint density at radius 3 is 2.62 bits per heavy atom. The second-order valence-electron chi connectivity index (χ2n) is 5.00. The highest BCUT2D eigenvalue weighted by Gasteiger charge is 2.09. The van der Waals surface area contributed by atoms with Crippen LogP contribution in [0, 0.1) is 5.92 Å². The molecule has 0 saturated heterocycles. The molecular weight excluding hydrogens is 288 g/mol. The van der Waals surface area contributed by atoms with E-state index in [0.717, 1.165) is 5.69 Å². The third-order valence-corrected chi connectivity index (χ3v) is 2.91. The average molecular weight is 305 g/mol. The first-order valence-corrected chi connectivity index (χ1v) is 7.06. The number of rotatable bonds is 5. The zero-order chi connectivity index (χ0) is 15.2. The van der Waals surface area contributed by atoms with Crippen molar-refractivity contribution >= 4 is 29.1 Å². The van der Waals surface area contributed by atoms with Gasteiger partial charge in [0.25, 0.3) is 5.91 Å². The maximum atomic E-state index is 12.0. The van der Waals surface area contributed by atoms with Crippen LogP contribution in [0.5, 0.6) is 0 Å². The van der Waals surface area contributed by atoms with Gasteiger partial charge >= 0.3 is 0 Å². The van der Waals surface area contributed by atoms with Crippen molar-refractivity contribution in [3.8, 4) is 0 Å². The fourth-order valence-electron chi connectivity index (χ4n) is 1.60. The molecule has 0 aliphatic carbocycles. The summed E-state index contributed by atoms with van der Waals surface area (Å²) in [5.41, 5.74) is 1.14. The Hall–Kier alpha value is -2.14. The van der Waals surface area contributed by atoms with Gasteiger partial charge in [0.2, 0.25) is 5.95 Å². The van der Waals surface area contributed by atoms with Crippen molar-refractivity contribution in [1.29, 1.82) is 0 Å². The predicted octanol–water partition coefficient (Wildman–Crippen LogP) is 3.26. The van der Waals surface area contributed by atoms with Crippen LogP contribution in [0.15, 0.2) is 36.5 Å². The zero-order valence-electron chi connectivity index (χ0n) is 11.9. The number of aromatic nitrogens is 2. The predicted molar refractivity (Wildman–Crippen MR) is 83.9 cm³/mol. The first-order valence-electron chi connectivity index (χ1n) is 6.68. The van der Waals surface area contributed by atoms with Gasteiger partial charge in [0.15, 0.2) is 0 Å². The van der Waals surface area contributed by atoms with Crippen molar-refractivity contribution in [2.75, 3.05) is 11.9 Å². The monoisotopic (exact) mass is 304 g/mol. The summed E-state index contributed by atoms with van der Waals surface area (Å²) >= 11 is 5.83. The summed E-state index contributed by atoms with van der Waals surface area (Å²) in [5.74, 6) is 0.558. The molecule has 5 nitrogen and oxygen atoms in total. The second kappa shape index (κ2) is 7.04. The van der Waals surface area contributed by atoms with Crippen LogP contribution in [0.25, 0.3) is 0 Å². The topological polar surface area (TPSA) is 66.9 Å². The normalized spacial score (nSPS) is 10.5. The summed E-state index contributed by atoms with van der Waals surface area (Å²) in [6.07, 6.45) is 1.55. The van der Waals surface area contributed by atoms with Crippen LogP contribution in [-0.4, -0.2) is 22.4 Å². The molecule has 2 aromatic rings. The molecule has 1 heterocycles. The van der Waals surface area contributed by atoms with E-state index in [1.807, 2.05) is 26.0 Å². The van der Waals surface area contributed by atoms with Crippen molar-refractivity contribution in [1.82, 2.24) is 15.3 Å². The molecular formula is C15H17ClN4O. The number of carbonyl (C=O) groups excluding carboxylic acids is 1. The summed E-state index contributed by atoms with van der Waals surface area (Å²) in [6.45, 7) is 4.68. The second-order valence-corrected chi connectivity index (χ2v) is 5.44. The fraction of sp³-hybridized carbons (Fsp3) is 0.267. The highest BCUT2D eigenvalue weighted by molar-refractivity contribution is 6.30. The maximum absolute atomic E-state index is 12.0. The quantitative estimate of drug-likeness (QED) is 0.890. The van der Waals surface area contributed by atoms with Crippen molar-refractivity contribution < 1.29 is 4.79 Å². The average Bonchev–Trinajstić information content (AvgIpc) is 2.47. The Bertz CT molecular complexity index is 613. The Morgan fingerprint density at radius 1 is 1.24 bits per heavy atom. The number of hydrogen-bond acceptors (Lipinski definition) is 4. The molecule has 0 radical (unpaired) electrons. The molecule has 1 aromatic heterocycles. The van der Waals surface area contributed by atoms with Crippen LogP contribution in [0.1, 0.15) is 24.3 Å². The van der Waals surface area contributed by atoms with Gasteiger partial charge in [0.1, 0.15) is 5.69 Å². The van der Waals surface area contributed by atoms with Crippen LogP contribution in [0.4, 0.5) is 11.6 Å². The summed E-state index contributed by atoms with van der Waals surface area (Å²) in [5, 5.41) is 6.51. The van der Waals surface area contributed by atoms with Crippen LogP contribution in [-0.2, 0) is 0 Å². The highest BCUT2D eigenvalue weighted by Crippen LogP contribution is 2.16. The lowest BCUT2D eigenvalue weighted by Gasteiger charge is -2.08. The molecule has 0 unspecified atom stereocenters. The van der Waals surface area contributed by atoms with Gasteiger partial charge in [0.05, 0.1) is 0 Å². The van der Waals surface area contributed by atoms with E-state index in [0.29, 0.717) is 29.1 Å². The Kier molecular flexibility index (Phi) is 5.11. The molecule has 1 amide bonds. The maximum Gasteiger partial charge on any atom is 0.270 e. The van der Waals surface area contributed by atoms with E-state index >= 15 is 0 Å². The van der Waals surface area contributed by atoms with Gasteiger partial charge in [0, 0.05) is 23.5 Å². The van der Waals surface area contributed by atoms with Gasteiger partial charge in [-0.25, -0.2) is 9.97 Å². The van der Waals surface area contributed by atoms with Crippen LogP contribution >= 0.6 is 11.6 Å². The van der Waals surface area contributed by atoms with E-state index in [-0.39, 0.29) is 5.91 Å². The smallest absolute Gasteiger partial charge is 0.270 e. The van der Waals surface area contributed by atoms with Gasteiger partial charge in [-0.05, 0) is 36.2 Å². The van der Waals surface area contributed by atoms with Gasteiger partial charge in [-0.15, -0.1) is 0 Å². The lowest BCUT2D eigenvalue weighted by molar-refractivity contribution is 0.0944. The van der Waals surface area contributed by atoms with Crippen LogP contribution in [0.2, 0.25) is 5.02 Å². The number of nitrogens with zero attached hydrogens (tertiary/aromatic N) is 2. The summed E-state index contributed by atoms with van der Waals surface area (Å²) in [4.78, 5) is 20.3. The third kappa shape index (κ3) is 4.72. The minimum Gasteiger partial charge on any atom is -0.350 e. The van der Waals surface area contributed by atoms with Crippen LogP contribution in [0.3, 0.4) is 0 Å². The van der Waals surface area contributed by atoms with E-state index in [1.165, 1.54) is 0 Å². The first-order chi connectivity index (χ1) is 10.0. The number of nitrogens with one attached hydrogen (secondary N) is 2. The molecule has 2 rings (SSSR count). The third-order valence-electron chi connectivity index (χ3n) is 2.66. The van der Waals surface area contributed by atoms with E-state index < -0.39 is 0 Å². The lowest BCUT2D eigenvalue weighted by atomic mass is 10.2. The molecule has 2 N–H and O–H groups in total. The van der Waals surface area contributed by atoms with Gasteiger partial charge in [-0.1, -0.05) is 25.4 Å². The largest absolute Gasteiger partial charge is 0.350 e. The van der Waals surface area contributed by atoms with E-state index in [4.69, 9.17) is 11.6 Å². The minimum absolute atomic E-state index is 0.203. The summed E-state index contributed by atoms with van der Waals surface area (Å²) in [7, 11) is 0. The van der Waals surface area contributed by atoms with Gasteiger partial charge < -0.3 is 10.6 Å². The number of anilines is 2. The van der Waals surface area contributed by atoms with Crippen molar-refractivity contribution in [3.05, 3.63) is 47.2 Å². The molecule has 0 fully saturated rings. The molecule has 0 aliphatic rings. The fourth-order valence-corrected chi connectivity index (χ4v) is 1.72. The van der Waals surface area contributed by atoms with E-state index in [2.05, 4.69) is 20.6 Å². The molecule has 0 bridgehead atoms. The van der Waals surface area contributed by atoms with Gasteiger partial charge in [-0.3, -0.25) is 4.79 Å². The summed E-state index contributed by atoms with van der Waals surface area (Å²) in [6, 6.07) is 8.75. The van der Waals surface area contributed by atoms with E-state index in [1.54, 1.807) is 24.4 Å². The lowest BCUT2D eigenvalue weighted by Crippen LogP contribution is -2.28. The molecule has 0 aliphatic heterocycles. The molecule has 0 saturated carbocycles. The SMILES string of the molecule is CC(C)CNC(=O)c1ccnc(Nc2ccc(Cl)cc2)n1. The Balaban J connectivity index is 2.06. The number of benzene rings is 1. The van der Waals surface area contributed by atoms with Crippen molar-refractivity contribution in [2.24, 2.45) is 5.92 Å². The molecule has 1 aromatic carbocycles. The molecule has 0 spiro atoms. The standard InChI is InChI=1S/C15H17ClN4O/c1-10(2)9-18-14(21)13-7-8-17-15(20-13)19-12-5-3-11(16)4-6-12/h3-8,10H,9H2,1-2H3,(H,18,21)(H,17,19,20). The number of halogens is 1. The Labute approximate surface area is 128 Å². The van der Waals surface area contributed by atoms with Crippen LogP contribution < -0.4 is 10.6 Å². The minimum atomic E-state index is -0.203. The van der Waals surface area contributed by atoms with Gasteiger partial charge in [-0.2, -0.15) is 0 Å². The number of hydrogen-bond donors (Lipinski definition) is 2. The summed E-state index contributed by atoms with van der Waals surface area (Å²) < 4.78 is 0. The van der Waals surface area contributed by atoms with Crippen molar-refractivity contribution in [2.45, 2.75) is 13.8 Å². The molecule has 6 heteroatoms. The highest BCUT2D eigenvalue weighted by atomic mass is 35.5. The van der Waals surface area contributed by atoms with Crippen molar-refractivity contribution in [3.63, 3.8) is 0 Å².